The van der Waals surface area contributed by atoms with Gasteiger partial charge in [0.05, 0.1) is 39.9 Å². The maximum atomic E-state index is 13.0. The van der Waals surface area contributed by atoms with Gasteiger partial charge < -0.3 is 19.8 Å². The Morgan fingerprint density at radius 2 is 0.716 bits per heavy atom. The average molecular weight is 973 g/mol. The second-order valence-electron chi connectivity index (χ2n) is 22.1. The van der Waals surface area contributed by atoms with Crippen molar-refractivity contribution in [1.29, 1.82) is 0 Å². The molecule has 3 unspecified atom stereocenters. The number of nitrogens with zero attached hydrogens (tertiary/aromatic N) is 1. The van der Waals surface area contributed by atoms with Crippen molar-refractivity contribution in [2.24, 2.45) is 0 Å². The standard InChI is InChI=1S/C58H119N2O6P/c1-6-8-10-12-14-16-18-20-22-24-25-26-27-28-29-30-31-32-33-34-35-36-38-40-42-44-46-48-50-52-58(62)59-56(55-66-67(63,64)65-54-53-60(3,4)5)57(61)51-49-47-45-43-41-39-37-23-21-19-17-15-13-11-9-7-2/h56-57,61H,6-55H2,1-5H3,(H-,59,62,63,64)/p+1. The van der Waals surface area contributed by atoms with Crippen molar-refractivity contribution in [2.45, 2.75) is 328 Å². The zero-order valence-corrected chi connectivity index (χ0v) is 46.8. The Morgan fingerprint density at radius 1 is 0.448 bits per heavy atom. The SMILES string of the molecule is CCCCCCCCCCCCCCCCCCCCCCCCCCCCCCCC(=O)NC(COP(=O)(O)OCC[N+](C)(C)C)C(O)CCCCCCCCCCCCCCCCCC. The van der Waals surface area contributed by atoms with Crippen molar-refractivity contribution >= 4 is 13.7 Å². The van der Waals surface area contributed by atoms with Crippen LogP contribution < -0.4 is 5.32 Å². The third-order valence-corrected chi connectivity index (χ3v) is 15.1. The third-order valence-electron chi connectivity index (χ3n) is 14.1. The first-order chi connectivity index (χ1) is 32.5. The van der Waals surface area contributed by atoms with Gasteiger partial charge in [-0.2, -0.15) is 0 Å². The van der Waals surface area contributed by atoms with E-state index in [9.17, 15) is 19.4 Å². The number of carbonyl (C=O) groups excluding carboxylic acids is 1. The van der Waals surface area contributed by atoms with Gasteiger partial charge in [-0.15, -0.1) is 0 Å². The summed E-state index contributed by atoms with van der Waals surface area (Å²) in [6.45, 7) is 4.94. The van der Waals surface area contributed by atoms with Crippen LogP contribution in [0.1, 0.15) is 316 Å². The molecule has 8 nitrogen and oxygen atoms in total. The summed E-state index contributed by atoms with van der Waals surface area (Å²) in [5.74, 6) is -0.136. The number of hydrogen-bond donors (Lipinski definition) is 3. The minimum absolute atomic E-state index is 0.0791. The molecule has 3 N–H and O–H groups in total. The number of quaternary nitrogens is 1. The number of phosphoric acid groups is 1. The molecule has 0 saturated carbocycles. The topological polar surface area (TPSA) is 105 Å². The highest BCUT2D eigenvalue weighted by Crippen LogP contribution is 2.43. The van der Waals surface area contributed by atoms with Crippen molar-refractivity contribution in [3.8, 4) is 0 Å². The number of nitrogens with one attached hydrogen (secondary N) is 1. The van der Waals surface area contributed by atoms with E-state index in [2.05, 4.69) is 19.2 Å². The molecule has 0 spiro atoms. The molecule has 0 aromatic carbocycles. The molecule has 1 amide bonds. The van der Waals surface area contributed by atoms with E-state index in [0.29, 0.717) is 23.9 Å². The van der Waals surface area contributed by atoms with Crippen LogP contribution >= 0.6 is 7.82 Å². The van der Waals surface area contributed by atoms with E-state index in [-0.39, 0.29) is 19.1 Å². The molecule has 0 aromatic heterocycles. The monoisotopic (exact) mass is 972 g/mol. The van der Waals surface area contributed by atoms with Crippen LogP contribution in [0, 0.1) is 0 Å². The summed E-state index contributed by atoms with van der Waals surface area (Å²) < 4.78 is 23.8. The fraction of sp³-hybridized carbons (Fsp3) is 0.983. The molecule has 3 atom stereocenters. The quantitative estimate of drug-likeness (QED) is 0.0319. The van der Waals surface area contributed by atoms with Crippen LogP contribution in [0.15, 0.2) is 0 Å². The van der Waals surface area contributed by atoms with E-state index in [1.807, 2.05) is 21.1 Å². The highest BCUT2D eigenvalue weighted by molar-refractivity contribution is 7.47. The van der Waals surface area contributed by atoms with Gasteiger partial charge in [0.2, 0.25) is 5.91 Å². The number of carbonyl (C=O) groups is 1. The largest absolute Gasteiger partial charge is 0.472 e. The molecular formula is C58H120N2O6P+. The number of hydrogen-bond acceptors (Lipinski definition) is 5. The van der Waals surface area contributed by atoms with Crippen LogP contribution in [0.4, 0.5) is 0 Å². The van der Waals surface area contributed by atoms with Crippen molar-refractivity contribution in [3.05, 3.63) is 0 Å². The number of phosphoric ester groups is 1. The Morgan fingerprint density at radius 3 is 1.00 bits per heavy atom. The predicted molar refractivity (Wildman–Crippen MR) is 291 cm³/mol. The van der Waals surface area contributed by atoms with E-state index in [0.717, 1.165) is 38.5 Å². The van der Waals surface area contributed by atoms with E-state index < -0.39 is 20.0 Å². The van der Waals surface area contributed by atoms with Crippen molar-refractivity contribution in [3.63, 3.8) is 0 Å². The summed E-state index contributed by atoms with van der Waals surface area (Å²) in [6.07, 6.45) is 60.3. The van der Waals surface area contributed by atoms with Crippen molar-refractivity contribution in [1.82, 2.24) is 5.32 Å². The Hall–Kier alpha value is -0.500. The van der Waals surface area contributed by atoms with Crippen molar-refractivity contribution in [2.75, 3.05) is 40.9 Å². The van der Waals surface area contributed by atoms with Crippen molar-refractivity contribution < 1.29 is 32.9 Å². The molecular weight excluding hydrogens is 852 g/mol. The van der Waals surface area contributed by atoms with Gasteiger partial charge in [0.15, 0.2) is 0 Å². The van der Waals surface area contributed by atoms with Gasteiger partial charge in [0.25, 0.3) is 0 Å². The number of rotatable bonds is 56. The Labute approximate surface area is 419 Å². The molecule has 67 heavy (non-hydrogen) atoms. The summed E-state index contributed by atoms with van der Waals surface area (Å²) >= 11 is 0. The van der Waals surface area contributed by atoms with Gasteiger partial charge in [-0.1, -0.05) is 296 Å². The Kier molecular flexibility index (Phi) is 50.1. The second kappa shape index (κ2) is 50.4. The van der Waals surface area contributed by atoms with E-state index in [4.69, 9.17) is 9.05 Å². The lowest BCUT2D eigenvalue weighted by atomic mass is 10.0. The minimum atomic E-state index is -4.32. The number of aliphatic hydroxyl groups excluding tert-OH is 1. The zero-order valence-electron chi connectivity index (χ0n) is 45.9. The van der Waals surface area contributed by atoms with Crippen LogP contribution in [-0.2, 0) is 18.4 Å². The molecule has 402 valence electrons. The molecule has 0 bridgehead atoms. The first kappa shape index (κ1) is 66.5. The summed E-state index contributed by atoms with van der Waals surface area (Å²) in [5, 5.41) is 14.1. The highest BCUT2D eigenvalue weighted by atomic mass is 31.2. The molecule has 0 fully saturated rings. The second-order valence-corrected chi connectivity index (χ2v) is 23.5. The molecule has 0 rings (SSSR count). The van der Waals surface area contributed by atoms with Crippen LogP contribution in [-0.4, -0.2) is 73.4 Å². The van der Waals surface area contributed by atoms with E-state index in [1.54, 1.807) is 0 Å². The molecule has 0 heterocycles. The molecule has 0 aliphatic heterocycles. The fourth-order valence-corrected chi connectivity index (χ4v) is 10.1. The summed E-state index contributed by atoms with van der Waals surface area (Å²) in [6, 6.07) is -0.755. The number of amides is 1. The predicted octanol–water partition coefficient (Wildman–Crippen LogP) is 18.0. The molecule has 0 saturated heterocycles. The van der Waals surface area contributed by atoms with Gasteiger partial charge in [-0.05, 0) is 12.8 Å². The van der Waals surface area contributed by atoms with Crippen LogP contribution in [0.2, 0.25) is 0 Å². The smallest absolute Gasteiger partial charge is 0.391 e. The lowest BCUT2D eigenvalue weighted by molar-refractivity contribution is -0.870. The minimum Gasteiger partial charge on any atom is -0.391 e. The van der Waals surface area contributed by atoms with Gasteiger partial charge in [-0.25, -0.2) is 4.57 Å². The van der Waals surface area contributed by atoms with Gasteiger partial charge in [0.1, 0.15) is 13.2 Å². The first-order valence-electron chi connectivity index (χ1n) is 29.9. The van der Waals surface area contributed by atoms with E-state index in [1.165, 1.54) is 250 Å². The molecule has 0 aliphatic rings. The summed E-state index contributed by atoms with van der Waals surface area (Å²) in [5.41, 5.74) is 0. The van der Waals surface area contributed by atoms with Gasteiger partial charge in [0, 0.05) is 6.42 Å². The number of aliphatic hydroxyl groups is 1. The Bertz CT molecular complexity index is 1060. The van der Waals surface area contributed by atoms with Gasteiger partial charge >= 0.3 is 7.82 Å². The van der Waals surface area contributed by atoms with Gasteiger partial charge in [-0.3, -0.25) is 13.8 Å². The van der Waals surface area contributed by atoms with Crippen LogP contribution in [0.5, 0.6) is 0 Å². The molecule has 0 radical (unpaired) electrons. The molecule has 0 aromatic rings. The maximum absolute atomic E-state index is 13.0. The number of unbranched alkanes of at least 4 members (excludes halogenated alkanes) is 43. The lowest BCUT2D eigenvalue weighted by Crippen LogP contribution is -2.46. The highest BCUT2D eigenvalue weighted by Gasteiger charge is 2.28. The van der Waals surface area contributed by atoms with E-state index >= 15 is 0 Å². The third kappa shape index (κ3) is 53.1. The average Bonchev–Trinajstić information content (AvgIpc) is 3.29. The molecule has 0 aliphatic carbocycles. The molecule has 9 heteroatoms. The van der Waals surface area contributed by atoms with Crippen LogP contribution in [0.3, 0.4) is 0 Å². The normalized spacial score (nSPS) is 13.8. The fourth-order valence-electron chi connectivity index (χ4n) is 9.40. The maximum Gasteiger partial charge on any atom is 0.472 e. The van der Waals surface area contributed by atoms with Crippen LogP contribution in [0.25, 0.3) is 0 Å². The summed E-state index contributed by atoms with van der Waals surface area (Å²) in [7, 11) is 1.64. The number of likely N-dealkylation sites (N-methyl/N-ethyl adjacent to an activating group) is 1. The first-order valence-corrected chi connectivity index (χ1v) is 31.4. The summed E-state index contributed by atoms with van der Waals surface area (Å²) in [4.78, 5) is 23.3. The zero-order chi connectivity index (χ0) is 49.2. The Balaban J connectivity index is 4.02. The lowest BCUT2D eigenvalue weighted by Gasteiger charge is -2.26.